The number of allylic oxidation sites excluding steroid dienone is 2. The van der Waals surface area contributed by atoms with Gasteiger partial charge in [0.1, 0.15) is 11.6 Å². The maximum atomic E-state index is 13.7. The molecule has 0 fully saturated rings. The molecule has 0 saturated carbocycles. The molecular formula is C30H27BrN2O4. The third-order valence-corrected chi connectivity index (χ3v) is 7.36. The Bertz CT molecular complexity index is 1440. The average molecular weight is 559 g/mol. The van der Waals surface area contributed by atoms with E-state index in [0.29, 0.717) is 53.0 Å². The molecular weight excluding hydrogens is 532 g/mol. The minimum Gasteiger partial charge on any atom is -0.507 e. The molecule has 2 N–H and O–H groups in total. The first kappa shape index (κ1) is 24.8. The number of hydrogen-bond donors (Lipinski definition) is 2. The molecule has 3 aromatic rings. The SMILES string of the molecule is COc1cccc(C2C(=C(O)c3ccccc3)C(=N)N(c3cccc(Br)c3)C3=C2C(=O)CCC3)c1OC. The van der Waals surface area contributed by atoms with Crippen molar-refractivity contribution in [1.82, 2.24) is 0 Å². The number of nitrogens with zero attached hydrogens (tertiary/aromatic N) is 1. The first-order chi connectivity index (χ1) is 18.0. The number of halogens is 1. The van der Waals surface area contributed by atoms with E-state index in [2.05, 4.69) is 15.9 Å². The number of carbonyl (C=O) groups excluding carboxylic acids is 1. The molecule has 1 aliphatic carbocycles. The highest BCUT2D eigenvalue weighted by Gasteiger charge is 2.44. The first-order valence-corrected chi connectivity index (χ1v) is 12.9. The van der Waals surface area contributed by atoms with Crippen molar-refractivity contribution in [2.75, 3.05) is 19.1 Å². The lowest BCUT2D eigenvalue weighted by Gasteiger charge is -2.42. The van der Waals surface area contributed by atoms with Crippen LogP contribution in [0.15, 0.2) is 94.1 Å². The van der Waals surface area contributed by atoms with E-state index in [1.54, 1.807) is 37.3 Å². The Labute approximate surface area is 224 Å². The Balaban J connectivity index is 1.88. The number of methoxy groups -OCH3 is 2. The van der Waals surface area contributed by atoms with E-state index in [0.717, 1.165) is 15.9 Å². The number of hydrogen-bond acceptors (Lipinski definition) is 5. The van der Waals surface area contributed by atoms with Crippen LogP contribution in [0.1, 0.15) is 36.3 Å². The van der Waals surface area contributed by atoms with Crippen molar-refractivity contribution >= 4 is 39.0 Å². The maximum Gasteiger partial charge on any atom is 0.164 e. The van der Waals surface area contributed by atoms with Gasteiger partial charge in [-0.3, -0.25) is 15.1 Å². The number of Topliss-reactive ketones (excluding diaryl/α,β-unsaturated/α-hetero) is 1. The number of benzene rings is 3. The molecule has 0 spiro atoms. The molecule has 1 aliphatic heterocycles. The van der Waals surface area contributed by atoms with Gasteiger partial charge in [-0.05, 0) is 37.1 Å². The van der Waals surface area contributed by atoms with Crippen molar-refractivity contribution in [3.05, 3.63) is 105 Å². The van der Waals surface area contributed by atoms with Crippen LogP contribution in [0.25, 0.3) is 5.76 Å². The zero-order chi connectivity index (χ0) is 26.1. The van der Waals surface area contributed by atoms with Crippen LogP contribution in [0, 0.1) is 5.41 Å². The Morgan fingerprint density at radius 3 is 2.46 bits per heavy atom. The zero-order valence-corrected chi connectivity index (χ0v) is 22.2. The van der Waals surface area contributed by atoms with Gasteiger partial charge in [0.15, 0.2) is 17.3 Å². The molecule has 0 aromatic heterocycles. The van der Waals surface area contributed by atoms with Crippen LogP contribution >= 0.6 is 15.9 Å². The summed E-state index contributed by atoms with van der Waals surface area (Å²) in [7, 11) is 3.12. The highest BCUT2D eigenvalue weighted by Crippen LogP contribution is 2.51. The minimum absolute atomic E-state index is 0.00183. The summed E-state index contributed by atoms with van der Waals surface area (Å²) in [6, 6.07) is 22.3. The van der Waals surface area contributed by atoms with Crippen LogP contribution < -0.4 is 14.4 Å². The molecule has 5 rings (SSSR count). The first-order valence-electron chi connectivity index (χ1n) is 12.1. The van der Waals surface area contributed by atoms with E-state index in [-0.39, 0.29) is 17.4 Å². The highest BCUT2D eigenvalue weighted by atomic mass is 79.9. The molecule has 1 atom stereocenters. The van der Waals surface area contributed by atoms with Gasteiger partial charge in [0, 0.05) is 44.6 Å². The van der Waals surface area contributed by atoms with Gasteiger partial charge >= 0.3 is 0 Å². The van der Waals surface area contributed by atoms with Crippen LogP contribution in [0.5, 0.6) is 11.5 Å². The number of para-hydroxylation sites is 1. The maximum absolute atomic E-state index is 13.7. The Morgan fingerprint density at radius 2 is 1.76 bits per heavy atom. The van der Waals surface area contributed by atoms with E-state index >= 15 is 0 Å². The molecule has 0 radical (unpaired) electrons. The Hall–Kier alpha value is -3.84. The number of aliphatic hydroxyl groups is 1. The van der Waals surface area contributed by atoms with Gasteiger partial charge in [-0.25, -0.2) is 0 Å². The topological polar surface area (TPSA) is 82.9 Å². The minimum atomic E-state index is -0.705. The summed E-state index contributed by atoms with van der Waals surface area (Å²) in [5.41, 5.74) is 3.67. The quantitative estimate of drug-likeness (QED) is 0.328. The normalized spacial score (nSPS) is 19.0. The molecule has 188 valence electrons. The fourth-order valence-corrected chi connectivity index (χ4v) is 5.68. The van der Waals surface area contributed by atoms with Crippen molar-refractivity contribution in [2.45, 2.75) is 25.2 Å². The Morgan fingerprint density at radius 1 is 1.00 bits per heavy atom. The summed E-state index contributed by atoms with van der Waals surface area (Å²) < 4.78 is 12.2. The summed E-state index contributed by atoms with van der Waals surface area (Å²) in [5.74, 6) is 0.353. The molecule has 3 aromatic carbocycles. The van der Waals surface area contributed by atoms with E-state index in [4.69, 9.17) is 9.47 Å². The average Bonchev–Trinajstić information content (AvgIpc) is 2.92. The van der Waals surface area contributed by atoms with Crippen molar-refractivity contribution < 1.29 is 19.4 Å². The molecule has 1 heterocycles. The van der Waals surface area contributed by atoms with Gasteiger partial charge in [0.25, 0.3) is 0 Å². The molecule has 6 nitrogen and oxygen atoms in total. The van der Waals surface area contributed by atoms with Crippen molar-refractivity contribution in [3.63, 3.8) is 0 Å². The van der Waals surface area contributed by atoms with E-state index in [1.807, 2.05) is 54.6 Å². The summed E-state index contributed by atoms with van der Waals surface area (Å²) >= 11 is 3.54. The molecule has 37 heavy (non-hydrogen) atoms. The monoisotopic (exact) mass is 558 g/mol. The number of amidine groups is 1. The highest BCUT2D eigenvalue weighted by molar-refractivity contribution is 9.10. The standard InChI is InChI=1S/C30H27BrN2O4/c1-36-24-16-7-13-21(29(24)37-2)25-26-22(14-8-15-23(26)34)33(20-12-6-11-19(31)17-20)30(32)27(25)28(35)18-9-4-3-5-10-18/h3-7,9-13,16-17,25,32,35H,8,14-15H2,1-2H3. The number of ether oxygens (including phenoxy) is 2. The van der Waals surface area contributed by atoms with Crippen molar-refractivity contribution in [3.8, 4) is 11.5 Å². The largest absolute Gasteiger partial charge is 0.507 e. The predicted octanol–water partition coefficient (Wildman–Crippen LogP) is 7.02. The van der Waals surface area contributed by atoms with Gasteiger partial charge in [-0.2, -0.15) is 0 Å². The van der Waals surface area contributed by atoms with Crippen LogP contribution in [0.2, 0.25) is 0 Å². The summed E-state index contributed by atoms with van der Waals surface area (Å²) in [6.07, 6.45) is 1.74. The van der Waals surface area contributed by atoms with Crippen LogP contribution in [0.3, 0.4) is 0 Å². The molecule has 1 unspecified atom stereocenters. The smallest absolute Gasteiger partial charge is 0.164 e. The summed E-state index contributed by atoms with van der Waals surface area (Å²) in [4.78, 5) is 15.5. The van der Waals surface area contributed by atoms with E-state index in [1.165, 1.54) is 0 Å². The second-order valence-corrected chi connectivity index (χ2v) is 9.86. The van der Waals surface area contributed by atoms with Gasteiger partial charge in [0.2, 0.25) is 0 Å². The lowest BCUT2D eigenvalue weighted by atomic mass is 9.73. The van der Waals surface area contributed by atoms with E-state index in [9.17, 15) is 15.3 Å². The number of carbonyl (C=O) groups is 1. The van der Waals surface area contributed by atoms with E-state index < -0.39 is 5.92 Å². The lowest BCUT2D eigenvalue weighted by molar-refractivity contribution is -0.116. The second-order valence-electron chi connectivity index (χ2n) is 8.95. The molecule has 0 amide bonds. The number of anilines is 1. The van der Waals surface area contributed by atoms with Gasteiger partial charge < -0.3 is 14.6 Å². The number of nitrogens with one attached hydrogen (secondary N) is 1. The molecule has 2 aliphatic rings. The van der Waals surface area contributed by atoms with Crippen LogP contribution in [-0.2, 0) is 4.79 Å². The Kier molecular flexibility index (Phi) is 6.89. The van der Waals surface area contributed by atoms with Gasteiger partial charge in [-0.15, -0.1) is 0 Å². The summed E-state index contributed by atoms with van der Waals surface area (Å²) in [6.45, 7) is 0. The third-order valence-electron chi connectivity index (χ3n) is 6.87. The zero-order valence-electron chi connectivity index (χ0n) is 20.6. The summed E-state index contributed by atoms with van der Waals surface area (Å²) in [5, 5.41) is 21.2. The molecule has 0 bridgehead atoms. The molecule has 0 saturated heterocycles. The third kappa shape index (κ3) is 4.33. The number of rotatable bonds is 5. The second kappa shape index (κ2) is 10.3. The lowest BCUT2D eigenvalue weighted by Crippen LogP contribution is -2.42. The van der Waals surface area contributed by atoms with Crippen molar-refractivity contribution in [1.29, 1.82) is 5.41 Å². The van der Waals surface area contributed by atoms with Crippen molar-refractivity contribution in [2.24, 2.45) is 0 Å². The number of ketones is 1. The fourth-order valence-electron chi connectivity index (χ4n) is 5.29. The van der Waals surface area contributed by atoms with Crippen LogP contribution in [-0.4, -0.2) is 30.9 Å². The fraction of sp³-hybridized carbons (Fsp3) is 0.200. The van der Waals surface area contributed by atoms with Gasteiger partial charge in [0.05, 0.1) is 20.1 Å². The molecule has 7 heteroatoms. The van der Waals surface area contributed by atoms with Crippen LogP contribution in [0.4, 0.5) is 5.69 Å². The predicted molar refractivity (Wildman–Crippen MR) is 149 cm³/mol. The van der Waals surface area contributed by atoms with Gasteiger partial charge in [-0.1, -0.05) is 64.5 Å². The number of aliphatic hydroxyl groups excluding tert-OH is 1.